The van der Waals surface area contributed by atoms with E-state index in [2.05, 4.69) is 12.6 Å². The molecule has 1 aliphatic heterocycles. The van der Waals surface area contributed by atoms with Crippen molar-refractivity contribution in [3.8, 4) is 0 Å². The first kappa shape index (κ1) is 16.7. The molecule has 1 aromatic rings. The normalized spacial score (nSPS) is 14.9. The van der Waals surface area contributed by atoms with E-state index >= 15 is 0 Å². The number of hydrogen-bond donors (Lipinski definition) is 1. The van der Waals surface area contributed by atoms with Crippen LogP contribution >= 0.6 is 12.6 Å². The summed E-state index contributed by atoms with van der Waals surface area (Å²) < 4.78 is 0. The second-order valence-corrected chi connectivity index (χ2v) is 5.73. The molecule has 0 aliphatic carbocycles. The van der Waals surface area contributed by atoms with Gasteiger partial charge in [-0.3, -0.25) is 4.79 Å². The molecule has 0 atom stereocenters. The number of urea groups is 1. The molecule has 6 heteroatoms. The van der Waals surface area contributed by atoms with Gasteiger partial charge < -0.3 is 14.7 Å². The smallest absolute Gasteiger partial charge is 0.320 e. The van der Waals surface area contributed by atoms with Crippen molar-refractivity contribution in [2.24, 2.45) is 0 Å². The standard InChI is InChI=1S/C16H23N3O2S/c1-3-17(4-2)16(21)19-11-9-18(10-12-19)15(20)13-7-5-6-8-14(13)22/h5-8,22H,3-4,9-12H2,1-2H3. The van der Waals surface area contributed by atoms with Gasteiger partial charge in [-0.1, -0.05) is 12.1 Å². The fraction of sp³-hybridized carbons (Fsp3) is 0.500. The Kier molecular flexibility index (Phi) is 5.71. The highest BCUT2D eigenvalue weighted by molar-refractivity contribution is 7.80. The monoisotopic (exact) mass is 321 g/mol. The Bertz CT molecular complexity index is 538. The van der Waals surface area contributed by atoms with E-state index < -0.39 is 0 Å². The number of nitrogens with zero attached hydrogens (tertiary/aromatic N) is 3. The average molecular weight is 321 g/mol. The van der Waals surface area contributed by atoms with E-state index in [-0.39, 0.29) is 11.9 Å². The zero-order valence-corrected chi connectivity index (χ0v) is 14.1. The maximum Gasteiger partial charge on any atom is 0.320 e. The Labute approximate surface area is 137 Å². The van der Waals surface area contributed by atoms with Gasteiger partial charge in [-0.25, -0.2) is 4.79 Å². The summed E-state index contributed by atoms with van der Waals surface area (Å²) in [5.74, 6) is -0.0134. The Morgan fingerprint density at radius 3 is 2.14 bits per heavy atom. The van der Waals surface area contributed by atoms with E-state index in [1.54, 1.807) is 15.9 Å². The highest BCUT2D eigenvalue weighted by Gasteiger charge is 2.27. The largest absolute Gasteiger partial charge is 0.335 e. The predicted octanol–water partition coefficient (Wildman–Crippen LogP) is 2.19. The Balaban J connectivity index is 1.96. The first-order valence-corrected chi connectivity index (χ1v) is 8.14. The second-order valence-electron chi connectivity index (χ2n) is 5.25. The molecule has 1 aliphatic rings. The molecule has 0 spiro atoms. The number of carbonyl (C=O) groups is 2. The number of piperazine rings is 1. The number of amides is 3. The summed E-state index contributed by atoms with van der Waals surface area (Å²) in [5.41, 5.74) is 0.620. The summed E-state index contributed by atoms with van der Waals surface area (Å²) in [6.07, 6.45) is 0. The van der Waals surface area contributed by atoms with Crippen LogP contribution in [0.25, 0.3) is 0 Å². The fourth-order valence-corrected chi connectivity index (χ4v) is 2.88. The Hall–Kier alpha value is -1.69. The highest BCUT2D eigenvalue weighted by atomic mass is 32.1. The van der Waals surface area contributed by atoms with Crippen LogP contribution < -0.4 is 0 Å². The molecule has 22 heavy (non-hydrogen) atoms. The van der Waals surface area contributed by atoms with Gasteiger partial charge in [-0.15, -0.1) is 12.6 Å². The molecule has 0 bridgehead atoms. The van der Waals surface area contributed by atoms with Gasteiger partial charge in [-0.05, 0) is 26.0 Å². The molecule has 0 unspecified atom stereocenters. The topological polar surface area (TPSA) is 43.9 Å². The van der Waals surface area contributed by atoms with Crippen LogP contribution in [0.2, 0.25) is 0 Å². The van der Waals surface area contributed by atoms with Gasteiger partial charge >= 0.3 is 6.03 Å². The molecule has 120 valence electrons. The van der Waals surface area contributed by atoms with Gasteiger partial charge in [0.1, 0.15) is 0 Å². The molecular formula is C16H23N3O2S. The van der Waals surface area contributed by atoms with E-state index in [4.69, 9.17) is 0 Å². The van der Waals surface area contributed by atoms with Crippen LogP contribution in [0.3, 0.4) is 0 Å². The third-order valence-electron chi connectivity index (χ3n) is 4.01. The van der Waals surface area contributed by atoms with Crippen molar-refractivity contribution in [3.05, 3.63) is 29.8 Å². The molecule has 1 aromatic carbocycles. The van der Waals surface area contributed by atoms with Crippen LogP contribution in [0.4, 0.5) is 4.79 Å². The summed E-state index contributed by atoms with van der Waals surface area (Å²) in [7, 11) is 0. The van der Waals surface area contributed by atoms with Crippen LogP contribution in [-0.4, -0.2) is 65.9 Å². The SMILES string of the molecule is CCN(CC)C(=O)N1CCN(C(=O)c2ccccc2S)CC1. The minimum atomic E-state index is -0.0134. The summed E-state index contributed by atoms with van der Waals surface area (Å²) in [6.45, 7) is 7.66. The predicted molar refractivity (Wildman–Crippen MR) is 89.5 cm³/mol. The van der Waals surface area contributed by atoms with Crippen molar-refractivity contribution >= 4 is 24.6 Å². The van der Waals surface area contributed by atoms with E-state index in [1.807, 2.05) is 36.9 Å². The molecule has 1 saturated heterocycles. The van der Waals surface area contributed by atoms with E-state index in [1.165, 1.54) is 0 Å². The Morgan fingerprint density at radius 1 is 1.05 bits per heavy atom. The lowest BCUT2D eigenvalue weighted by Crippen LogP contribution is -2.54. The van der Waals surface area contributed by atoms with E-state index in [0.717, 1.165) is 0 Å². The van der Waals surface area contributed by atoms with Crippen LogP contribution in [0.1, 0.15) is 24.2 Å². The van der Waals surface area contributed by atoms with Crippen molar-refractivity contribution in [1.82, 2.24) is 14.7 Å². The van der Waals surface area contributed by atoms with Gasteiger partial charge in [-0.2, -0.15) is 0 Å². The molecule has 2 rings (SSSR count). The Morgan fingerprint density at radius 2 is 1.59 bits per heavy atom. The lowest BCUT2D eigenvalue weighted by Gasteiger charge is -2.37. The van der Waals surface area contributed by atoms with Gasteiger partial charge in [0.05, 0.1) is 5.56 Å². The van der Waals surface area contributed by atoms with Crippen molar-refractivity contribution in [2.45, 2.75) is 18.7 Å². The number of thiol groups is 1. The zero-order valence-electron chi connectivity index (χ0n) is 13.2. The second kappa shape index (κ2) is 7.54. The maximum atomic E-state index is 12.5. The zero-order chi connectivity index (χ0) is 16.1. The van der Waals surface area contributed by atoms with Crippen molar-refractivity contribution in [3.63, 3.8) is 0 Å². The summed E-state index contributed by atoms with van der Waals surface area (Å²) in [6, 6.07) is 7.37. The third-order valence-corrected chi connectivity index (χ3v) is 4.40. The first-order valence-electron chi connectivity index (χ1n) is 7.69. The molecular weight excluding hydrogens is 298 g/mol. The summed E-state index contributed by atoms with van der Waals surface area (Å²) >= 11 is 4.34. The van der Waals surface area contributed by atoms with Gasteiger partial charge in [0, 0.05) is 44.2 Å². The van der Waals surface area contributed by atoms with E-state index in [0.29, 0.717) is 49.7 Å². The van der Waals surface area contributed by atoms with Crippen LogP contribution in [0.15, 0.2) is 29.2 Å². The molecule has 3 amide bonds. The van der Waals surface area contributed by atoms with Crippen LogP contribution in [0.5, 0.6) is 0 Å². The van der Waals surface area contributed by atoms with Crippen molar-refractivity contribution in [2.75, 3.05) is 39.3 Å². The van der Waals surface area contributed by atoms with Crippen molar-refractivity contribution < 1.29 is 9.59 Å². The summed E-state index contributed by atoms with van der Waals surface area (Å²) in [4.78, 5) is 30.9. The molecule has 0 saturated carbocycles. The average Bonchev–Trinajstić information content (AvgIpc) is 2.56. The first-order chi connectivity index (χ1) is 10.6. The number of carbonyl (C=O) groups excluding carboxylic acids is 2. The van der Waals surface area contributed by atoms with Crippen molar-refractivity contribution in [1.29, 1.82) is 0 Å². The minimum Gasteiger partial charge on any atom is -0.335 e. The lowest BCUT2D eigenvalue weighted by atomic mass is 10.2. The molecule has 0 N–H and O–H groups in total. The molecule has 0 aromatic heterocycles. The van der Waals surface area contributed by atoms with E-state index in [9.17, 15) is 9.59 Å². The molecule has 0 radical (unpaired) electrons. The maximum absolute atomic E-state index is 12.5. The molecule has 1 fully saturated rings. The molecule has 5 nitrogen and oxygen atoms in total. The lowest BCUT2D eigenvalue weighted by molar-refractivity contribution is 0.0638. The minimum absolute atomic E-state index is 0.0134. The summed E-state index contributed by atoms with van der Waals surface area (Å²) in [5, 5.41) is 0. The highest BCUT2D eigenvalue weighted by Crippen LogP contribution is 2.17. The fourth-order valence-electron chi connectivity index (χ4n) is 2.62. The molecule has 1 heterocycles. The quantitative estimate of drug-likeness (QED) is 0.868. The van der Waals surface area contributed by atoms with Gasteiger partial charge in [0.2, 0.25) is 0 Å². The van der Waals surface area contributed by atoms with Gasteiger partial charge in [0.25, 0.3) is 5.91 Å². The number of benzene rings is 1. The third kappa shape index (κ3) is 3.55. The number of rotatable bonds is 3. The van der Waals surface area contributed by atoms with Crippen LogP contribution in [0, 0.1) is 0 Å². The number of hydrogen-bond acceptors (Lipinski definition) is 3. The van der Waals surface area contributed by atoms with Crippen LogP contribution in [-0.2, 0) is 0 Å². The van der Waals surface area contributed by atoms with Gasteiger partial charge in [0.15, 0.2) is 0 Å².